The Bertz CT molecular complexity index is 1230. The highest BCUT2D eigenvalue weighted by Crippen LogP contribution is 2.35. The molecule has 1 unspecified atom stereocenters. The minimum atomic E-state index is -0.506. The molecule has 0 radical (unpaired) electrons. The molecule has 0 saturated carbocycles. The first-order valence-electron chi connectivity index (χ1n) is 9.97. The maximum atomic E-state index is 13.2. The van der Waals surface area contributed by atoms with Gasteiger partial charge in [0.2, 0.25) is 5.91 Å². The molecule has 0 aliphatic carbocycles. The van der Waals surface area contributed by atoms with Crippen molar-refractivity contribution in [2.45, 2.75) is 19.5 Å². The van der Waals surface area contributed by atoms with Gasteiger partial charge in [0.15, 0.2) is 5.82 Å². The van der Waals surface area contributed by atoms with Crippen LogP contribution in [0, 0.1) is 12.7 Å². The Balaban J connectivity index is 1.43. The zero-order valence-corrected chi connectivity index (χ0v) is 17.1. The molecule has 0 saturated heterocycles. The summed E-state index contributed by atoms with van der Waals surface area (Å²) < 4.78 is 13.1. The van der Waals surface area contributed by atoms with E-state index in [1.54, 1.807) is 29.5 Å². The number of carbonyl (C=O) groups is 2. The van der Waals surface area contributed by atoms with E-state index in [-0.39, 0.29) is 18.3 Å². The van der Waals surface area contributed by atoms with Crippen molar-refractivity contribution in [1.82, 2.24) is 19.9 Å². The number of nitrogens with zero attached hydrogens (tertiary/aromatic N) is 6. The first-order valence-corrected chi connectivity index (χ1v) is 9.97. The Morgan fingerprint density at radius 3 is 2.78 bits per heavy atom. The van der Waals surface area contributed by atoms with Crippen LogP contribution in [0.3, 0.4) is 0 Å². The highest BCUT2D eigenvalue weighted by molar-refractivity contribution is 6.08. The van der Waals surface area contributed by atoms with Crippen molar-refractivity contribution in [3.63, 3.8) is 0 Å². The van der Waals surface area contributed by atoms with E-state index in [1.165, 1.54) is 17.0 Å². The molecular weight excluding hydrogens is 413 g/mol. The molecule has 5 heterocycles. The smallest absolute Gasteiger partial charge is 0.259 e. The van der Waals surface area contributed by atoms with Crippen LogP contribution in [0.1, 0.15) is 28.0 Å². The number of pyridine rings is 3. The third kappa shape index (κ3) is 3.55. The van der Waals surface area contributed by atoms with Crippen LogP contribution < -0.4 is 10.3 Å². The molecule has 1 atom stereocenters. The Morgan fingerprint density at radius 1 is 1.16 bits per heavy atom. The van der Waals surface area contributed by atoms with E-state index in [0.29, 0.717) is 17.8 Å². The zero-order chi connectivity index (χ0) is 22.2. The van der Waals surface area contributed by atoms with Crippen LogP contribution in [0.5, 0.6) is 0 Å². The average Bonchev–Trinajstić information content (AvgIpc) is 3.24. The van der Waals surface area contributed by atoms with Gasteiger partial charge in [-0.1, -0.05) is 0 Å². The number of fused-ring (bicyclic) bond motifs is 3. The lowest BCUT2D eigenvalue weighted by molar-refractivity contribution is -0.117. The van der Waals surface area contributed by atoms with Crippen LogP contribution in [0.2, 0.25) is 0 Å². The second-order valence-electron chi connectivity index (χ2n) is 7.48. The first-order chi connectivity index (χ1) is 15.5. The normalized spacial score (nSPS) is 17.0. The summed E-state index contributed by atoms with van der Waals surface area (Å²) in [5.74, 6) is -0.608. The molecule has 3 aromatic heterocycles. The molecule has 0 bridgehead atoms. The average molecular weight is 431 g/mol. The molecule has 0 fully saturated rings. The minimum Gasteiger partial charge on any atom is -0.309 e. The largest absolute Gasteiger partial charge is 0.309 e. The monoisotopic (exact) mass is 431 g/mol. The van der Waals surface area contributed by atoms with Crippen LogP contribution in [0.25, 0.3) is 0 Å². The first kappa shape index (κ1) is 19.7. The SMILES string of the molecule is Cc1ccc(C2=NN3c4ncccc4C(=O)N(CC(=O)Nc4ccc(F)cn4)C3C2)cn1. The Hall–Kier alpha value is -4.21. The van der Waals surface area contributed by atoms with Gasteiger partial charge in [0, 0.05) is 30.1 Å². The van der Waals surface area contributed by atoms with Crippen LogP contribution in [-0.2, 0) is 4.79 Å². The lowest BCUT2D eigenvalue weighted by atomic mass is 10.1. The molecule has 160 valence electrons. The van der Waals surface area contributed by atoms with Crippen molar-refractivity contribution < 1.29 is 14.0 Å². The summed E-state index contributed by atoms with van der Waals surface area (Å²) in [6.45, 7) is 1.68. The highest BCUT2D eigenvalue weighted by atomic mass is 19.1. The third-order valence-electron chi connectivity index (χ3n) is 5.29. The van der Waals surface area contributed by atoms with Crippen LogP contribution in [-0.4, -0.2) is 50.1 Å². The minimum absolute atomic E-state index is 0.203. The maximum absolute atomic E-state index is 13.2. The second kappa shape index (κ2) is 7.80. The van der Waals surface area contributed by atoms with E-state index < -0.39 is 17.9 Å². The molecule has 2 aliphatic rings. The fourth-order valence-corrected chi connectivity index (χ4v) is 3.74. The van der Waals surface area contributed by atoms with E-state index in [4.69, 9.17) is 5.10 Å². The van der Waals surface area contributed by atoms with Crippen molar-refractivity contribution in [3.8, 4) is 0 Å². The summed E-state index contributed by atoms with van der Waals surface area (Å²) in [6.07, 6.45) is 4.26. The summed E-state index contributed by atoms with van der Waals surface area (Å²) in [6, 6.07) is 9.71. The molecule has 2 amide bonds. The van der Waals surface area contributed by atoms with E-state index >= 15 is 0 Å². The summed E-state index contributed by atoms with van der Waals surface area (Å²) in [7, 11) is 0. The van der Waals surface area contributed by atoms with Gasteiger partial charge < -0.3 is 10.2 Å². The van der Waals surface area contributed by atoms with Crippen molar-refractivity contribution in [2.75, 3.05) is 16.9 Å². The Morgan fingerprint density at radius 2 is 2.03 bits per heavy atom. The van der Waals surface area contributed by atoms with E-state index in [9.17, 15) is 14.0 Å². The van der Waals surface area contributed by atoms with Crippen molar-refractivity contribution in [2.24, 2.45) is 5.10 Å². The molecule has 2 aliphatic heterocycles. The molecule has 9 nitrogen and oxygen atoms in total. The lowest BCUT2D eigenvalue weighted by Gasteiger charge is -2.38. The molecule has 32 heavy (non-hydrogen) atoms. The fourth-order valence-electron chi connectivity index (χ4n) is 3.74. The Kier molecular flexibility index (Phi) is 4.81. The highest BCUT2D eigenvalue weighted by Gasteiger charge is 2.43. The third-order valence-corrected chi connectivity index (χ3v) is 5.29. The predicted molar refractivity (Wildman–Crippen MR) is 114 cm³/mol. The van der Waals surface area contributed by atoms with Gasteiger partial charge in [-0.15, -0.1) is 0 Å². The van der Waals surface area contributed by atoms with Crippen molar-refractivity contribution >= 4 is 29.2 Å². The predicted octanol–water partition coefficient (Wildman–Crippen LogP) is 2.35. The van der Waals surface area contributed by atoms with Gasteiger partial charge in [0.05, 0.1) is 17.5 Å². The van der Waals surface area contributed by atoms with Crippen LogP contribution >= 0.6 is 0 Å². The van der Waals surface area contributed by atoms with Gasteiger partial charge in [-0.05, 0) is 43.3 Å². The number of halogens is 1. The topological polar surface area (TPSA) is 104 Å². The number of hydrogen-bond donors (Lipinski definition) is 1. The number of carbonyl (C=O) groups excluding carboxylic acids is 2. The van der Waals surface area contributed by atoms with Crippen LogP contribution in [0.15, 0.2) is 60.1 Å². The fraction of sp³-hybridized carbons (Fsp3) is 0.182. The number of nitrogens with one attached hydrogen (secondary N) is 1. The molecule has 0 spiro atoms. The number of aryl methyl sites for hydroxylation is 1. The number of anilines is 2. The number of hydrazone groups is 1. The number of rotatable bonds is 4. The molecular formula is C22H18FN7O2. The summed E-state index contributed by atoms with van der Waals surface area (Å²) in [4.78, 5) is 39.9. The number of amides is 2. The van der Waals surface area contributed by atoms with Gasteiger partial charge in [0.1, 0.15) is 24.3 Å². The second-order valence-corrected chi connectivity index (χ2v) is 7.48. The molecule has 1 N–H and O–H groups in total. The maximum Gasteiger partial charge on any atom is 0.259 e. The zero-order valence-electron chi connectivity index (χ0n) is 17.1. The number of aromatic nitrogens is 3. The summed E-state index contributed by atoms with van der Waals surface area (Å²) in [5.41, 5.74) is 2.85. The van der Waals surface area contributed by atoms with E-state index in [0.717, 1.165) is 23.2 Å². The van der Waals surface area contributed by atoms with Gasteiger partial charge in [0.25, 0.3) is 5.91 Å². The van der Waals surface area contributed by atoms with Gasteiger partial charge >= 0.3 is 0 Å². The van der Waals surface area contributed by atoms with E-state index in [1.807, 2.05) is 19.1 Å². The van der Waals surface area contributed by atoms with Crippen LogP contribution in [0.4, 0.5) is 16.0 Å². The molecule has 0 aromatic carbocycles. The molecule has 3 aromatic rings. The van der Waals surface area contributed by atoms with Crippen molar-refractivity contribution in [3.05, 3.63) is 77.6 Å². The molecule has 10 heteroatoms. The van der Waals surface area contributed by atoms with E-state index in [2.05, 4.69) is 20.3 Å². The summed E-state index contributed by atoms with van der Waals surface area (Å²) in [5, 5.41) is 8.98. The Labute approximate surface area is 182 Å². The standard InChI is InChI=1S/C22H18FN7O2/c1-13-4-5-14(10-25-13)17-9-20-29(12-19(31)27-18-7-6-15(23)11-26-18)22(32)16-3-2-8-24-21(16)30(20)28-17/h2-8,10-11,20H,9,12H2,1H3,(H,26,27,31). The van der Waals surface area contributed by atoms with Gasteiger partial charge in [-0.2, -0.15) is 5.10 Å². The quantitative estimate of drug-likeness (QED) is 0.680. The van der Waals surface area contributed by atoms with Gasteiger partial charge in [-0.25, -0.2) is 19.4 Å². The summed E-state index contributed by atoms with van der Waals surface area (Å²) >= 11 is 0. The lowest BCUT2D eigenvalue weighted by Crippen LogP contribution is -2.54. The van der Waals surface area contributed by atoms with Crippen molar-refractivity contribution in [1.29, 1.82) is 0 Å². The molecule has 5 rings (SSSR count). The van der Waals surface area contributed by atoms with Gasteiger partial charge in [-0.3, -0.25) is 14.6 Å². The number of hydrogen-bond acceptors (Lipinski definition) is 7.